The van der Waals surface area contributed by atoms with E-state index in [-0.39, 0.29) is 24.4 Å². The Kier molecular flexibility index (Phi) is 5.44. The molecule has 1 unspecified atom stereocenters. The van der Waals surface area contributed by atoms with Crippen LogP contribution in [-0.2, 0) is 0 Å². The summed E-state index contributed by atoms with van der Waals surface area (Å²) in [6.45, 7) is 3.38. The molecular weight excluding hydrogens is 351 g/mol. The molecule has 4 nitrogen and oxygen atoms in total. The minimum atomic E-state index is -0.370. The maximum atomic E-state index is 14.5. The lowest BCUT2D eigenvalue weighted by Gasteiger charge is -2.13. The molecule has 0 aliphatic heterocycles. The summed E-state index contributed by atoms with van der Waals surface area (Å²) in [7, 11) is 0. The molecular formula is C20H19FN2O2S. The highest BCUT2D eigenvalue weighted by Crippen LogP contribution is 2.31. The number of rotatable bonds is 5. The number of benzene rings is 2. The fourth-order valence-electron chi connectivity index (χ4n) is 2.61. The van der Waals surface area contributed by atoms with E-state index >= 15 is 0 Å². The first-order valence-corrected chi connectivity index (χ1v) is 9.09. The molecule has 2 N–H and O–H groups in total. The normalized spacial score (nSPS) is 12.0. The molecule has 3 rings (SSSR count). The summed E-state index contributed by atoms with van der Waals surface area (Å²) in [6, 6.07) is 9.87. The predicted octanol–water partition coefficient (Wildman–Crippen LogP) is 4.04. The minimum Gasteiger partial charge on any atom is -0.394 e. The third-order valence-electron chi connectivity index (χ3n) is 3.96. The summed E-state index contributed by atoms with van der Waals surface area (Å²) in [6.07, 6.45) is 1.69. The number of aromatic nitrogens is 1. The van der Waals surface area contributed by atoms with Crippen molar-refractivity contribution in [3.63, 3.8) is 0 Å². The summed E-state index contributed by atoms with van der Waals surface area (Å²) >= 11 is 1.45. The SMILES string of the molecule is Cc1ccc(-c2cc(C(=O)NC(C)CO)cc(-c3nccs3)c2)c(F)c1. The van der Waals surface area contributed by atoms with Gasteiger partial charge in [0.15, 0.2) is 0 Å². The molecule has 0 saturated heterocycles. The fraction of sp³-hybridized carbons (Fsp3) is 0.200. The molecule has 0 fully saturated rings. The van der Waals surface area contributed by atoms with Gasteiger partial charge in [0.05, 0.1) is 6.61 Å². The van der Waals surface area contributed by atoms with Crippen LogP contribution in [0, 0.1) is 12.7 Å². The van der Waals surface area contributed by atoms with Crippen LogP contribution < -0.4 is 5.32 Å². The van der Waals surface area contributed by atoms with Crippen molar-refractivity contribution in [1.82, 2.24) is 10.3 Å². The van der Waals surface area contributed by atoms with Crippen LogP contribution >= 0.6 is 11.3 Å². The van der Waals surface area contributed by atoms with Gasteiger partial charge in [-0.15, -0.1) is 11.3 Å². The van der Waals surface area contributed by atoms with Crippen molar-refractivity contribution < 1.29 is 14.3 Å². The van der Waals surface area contributed by atoms with Crippen molar-refractivity contribution in [2.24, 2.45) is 0 Å². The van der Waals surface area contributed by atoms with E-state index in [1.54, 1.807) is 31.3 Å². The fourth-order valence-corrected chi connectivity index (χ4v) is 3.24. The van der Waals surface area contributed by atoms with Gasteiger partial charge in [-0.2, -0.15) is 0 Å². The van der Waals surface area contributed by atoms with E-state index in [1.165, 1.54) is 17.4 Å². The van der Waals surface area contributed by atoms with Crippen molar-refractivity contribution in [2.45, 2.75) is 19.9 Å². The predicted molar refractivity (Wildman–Crippen MR) is 102 cm³/mol. The molecule has 1 atom stereocenters. The van der Waals surface area contributed by atoms with E-state index < -0.39 is 0 Å². The zero-order valence-electron chi connectivity index (χ0n) is 14.5. The third-order valence-corrected chi connectivity index (χ3v) is 4.78. The van der Waals surface area contributed by atoms with Crippen LogP contribution in [0.25, 0.3) is 21.7 Å². The Labute approximate surface area is 155 Å². The van der Waals surface area contributed by atoms with Gasteiger partial charge in [-0.1, -0.05) is 12.1 Å². The number of amides is 1. The van der Waals surface area contributed by atoms with Crippen LogP contribution in [-0.4, -0.2) is 28.6 Å². The molecule has 0 saturated carbocycles. The van der Waals surface area contributed by atoms with Gasteiger partial charge < -0.3 is 10.4 Å². The summed E-state index contributed by atoms with van der Waals surface area (Å²) in [5, 5.41) is 14.5. The van der Waals surface area contributed by atoms with E-state index in [2.05, 4.69) is 10.3 Å². The van der Waals surface area contributed by atoms with Gasteiger partial charge in [0.1, 0.15) is 10.8 Å². The van der Waals surface area contributed by atoms with Crippen molar-refractivity contribution in [3.05, 3.63) is 64.9 Å². The second-order valence-electron chi connectivity index (χ2n) is 6.18. The van der Waals surface area contributed by atoms with Crippen LogP contribution in [0.2, 0.25) is 0 Å². The first kappa shape index (κ1) is 18.2. The van der Waals surface area contributed by atoms with Crippen LogP contribution in [0.15, 0.2) is 48.0 Å². The maximum absolute atomic E-state index is 14.5. The monoisotopic (exact) mass is 370 g/mol. The van der Waals surface area contributed by atoms with E-state index in [1.807, 2.05) is 24.4 Å². The van der Waals surface area contributed by atoms with E-state index in [0.29, 0.717) is 16.7 Å². The zero-order chi connectivity index (χ0) is 18.7. The van der Waals surface area contributed by atoms with Gasteiger partial charge in [-0.25, -0.2) is 9.37 Å². The van der Waals surface area contributed by atoms with Crippen LogP contribution in [0.5, 0.6) is 0 Å². The van der Waals surface area contributed by atoms with Gasteiger partial charge in [0.25, 0.3) is 5.91 Å². The lowest BCUT2D eigenvalue weighted by Crippen LogP contribution is -2.35. The van der Waals surface area contributed by atoms with Crippen LogP contribution in [0.4, 0.5) is 4.39 Å². The van der Waals surface area contributed by atoms with Crippen LogP contribution in [0.3, 0.4) is 0 Å². The maximum Gasteiger partial charge on any atom is 0.251 e. The molecule has 0 aliphatic carbocycles. The second kappa shape index (κ2) is 7.76. The van der Waals surface area contributed by atoms with Gasteiger partial charge in [0, 0.05) is 34.3 Å². The number of hydrogen-bond acceptors (Lipinski definition) is 4. The third kappa shape index (κ3) is 3.98. The molecule has 1 aromatic heterocycles. The van der Waals surface area contributed by atoms with Gasteiger partial charge in [-0.3, -0.25) is 4.79 Å². The molecule has 3 aromatic rings. The van der Waals surface area contributed by atoms with Crippen molar-refractivity contribution >= 4 is 17.2 Å². The number of carbonyl (C=O) groups excluding carboxylic acids is 1. The van der Waals surface area contributed by atoms with Crippen molar-refractivity contribution in [1.29, 1.82) is 0 Å². The Bertz CT molecular complexity index is 926. The Morgan fingerprint density at radius 3 is 2.69 bits per heavy atom. The van der Waals surface area contributed by atoms with E-state index in [4.69, 9.17) is 5.11 Å². The number of aliphatic hydroxyl groups is 1. The first-order chi connectivity index (χ1) is 12.5. The van der Waals surface area contributed by atoms with E-state index in [9.17, 15) is 9.18 Å². The number of thiazole rings is 1. The topological polar surface area (TPSA) is 62.2 Å². The highest BCUT2D eigenvalue weighted by atomic mass is 32.1. The Balaban J connectivity index is 2.10. The number of nitrogens with zero attached hydrogens (tertiary/aromatic N) is 1. The summed E-state index contributed by atoms with van der Waals surface area (Å²) in [5.74, 6) is -0.657. The molecule has 0 aliphatic rings. The van der Waals surface area contributed by atoms with Crippen molar-refractivity contribution in [2.75, 3.05) is 6.61 Å². The minimum absolute atomic E-state index is 0.155. The molecule has 0 spiro atoms. The highest BCUT2D eigenvalue weighted by molar-refractivity contribution is 7.13. The lowest BCUT2D eigenvalue weighted by molar-refractivity contribution is 0.0922. The smallest absolute Gasteiger partial charge is 0.251 e. The number of halogens is 1. The van der Waals surface area contributed by atoms with Crippen LogP contribution in [0.1, 0.15) is 22.8 Å². The molecule has 1 heterocycles. The summed E-state index contributed by atoms with van der Waals surface area (Å²) in [4.78, 5) is 16.8. The average molecular weight is 370 g/mol. The second-order valence-corrected chi connectivity index (χ2v) is 7.07. The Hall–Kier alpha value is -2.57. The molecule has 134 valence electrons. The van der Waals surface area contributed by atoms with Crippen molar-refractivity contribution in [3.8, 4) is 21.7 Å². The summed E-state index contributed by atoms with van der Waals surface area (Å²) < 4.78 is 14.5. The average Bonchev–Trinajstić information content (AvgIpc) is 3.16. The molecule has 6 heteroatoms. The Morgan fingerprint density at radius 2 is 2.04 bits per heavy atom. The number of nitrogens with one attached hydrogen (secondary N) is 1. The molecule has 26 heavy (non-hydrogen) atoms. The van der Waals surface area contributed by atoms with Gasteiger partial charge >= 0.3 is 0 Å². The number of aryl methyl sites for hydroxylation is 1. The molecule has 0 bridgehead atoms. The number of carbonyl (C=O) groups is 1. The number of aliphatic hydroxyl groups excluding tert-OH is 1. The standard InChI is InChI=1S/C20H19FN2O2S/c1-12-3-4-17(18(21)7-12)14-8-15(19(25)23-13(2)11-24)10-16(9-14)20-22-5-6-26-20/h3-10,13,24H,11H2,1-2H3,(H,23,25). The lowest BCUT2D eigenvalue weighted by atomic mass is 9.98. The Morgan fingerprint density at radius 1 is 1.27 bits per heavy atom. The van der Waals surface area contributed by atoms with E-state index in [0.717, 1.165) is 16.1 Å². The largest absolute Gasteiger partial charge is 0.394 e. The highest BCUT2D eigenvalue weighted by Gasteiger charge is 2.15. The first-order valence-electron chi connectivity index (χ1n) is 8.21. The van der Waals surface area contributed by atoms with Gasteiger partial charge in [-0.05, 0) is 49.2 Å². The molecule has 0 radical (unpaired) electrons. The zero-order valence-corrected chi connectivity index (χ0v) is 15.3. The van der Waals surface area contributed by atoms with Gasteiger partial charge in [0.2, 0.25) is 0 Å². The summed E-state index contributed by atoms with van der Waals surface area (Å²) in [5.41, 5.74) is 3.01. The quantitative estimate of drug-likeness (QED) is 0.713. The molecule has 2 aromatic carbocycles. The number of hydrogen-bond donors (Lipinski definition) is 2. The molecule has 1 amide bonds.